The van der Waals surface area contributed by atoms with E-state index in [-0.39, 0.29) is 12.3 Å². The molecular formula is C22H23Cl2N3O2. The lowest BCUT2D eigenvalue weighted by atomic mass is 10.1. The second kappa shape index (κ2) is 9.44. The molecule has 5 nitrogen and oxygen atoms in total. The minimum atomic E-state index is -0.0501. The number of nitrogens with zero attached hydrogens (tertiary/aromatic N) is 2. The van der Waals surface area contributed by atoms with Crippen molar-refractivity contribution < 1.29 is 9.53 Å². The van der Waals surface area contributed by atoms with Gasteiger partial charge in [0, 0.05) is 24.9 Å². The molecule has 152 valence electrons. The first kappa shape index (κ1) is 21.4. The zero-order chi connectivity index (χ0) is 21.0. The Labute approximate surface area is 180 Å². The highest BCUT2D eigenvalue weighted by Crippen LogP contribution is 2.26. The van der Waals surface area contributed by atoms with Crippen LogP contribution in [0.3, 0.4) is 0 Å². The lowest BCUT2D eigenvalue weighted by Crippen LogP contribution is -2.25. The van der Waals surface area contributed by atoms with Gasteiger partial charge in [0.25, 0.3) is 0 Å². The fraction of sp³-hybridized carbons (Fsp3) is 0.273. The van der Waals surface area contributed by atoms with Gasteiger partial charge in [-0.15, -0.1) is 0 Å². The first-order valence-electron chi connectivity index (χ1n) is 9.23. The predicted molar refractivity (Wildman–Crippen MR) is 116 cm³/mol. The van der Waals surface area contributed by atoms with Crippen molar-refractivity contribution in [2.24, 2.45) is 0 Å². The van der Waals surface area contributed by atoms with Crippen molar-refractivity contribution in [3.05, 3.63) is 80.6 Å². The third kappa shape index (κ3) is 5.18. The number of methoxy groups -OCH3 is 1. The van der Waals surface area contributed by atoms with E-state index in [1.54, 1.807) is 23.9 Å². The minimum absolute atomic E-state index is 0.0501. The molecule has 0 saturated carbocycles. The van der Waals surface area contributed by atoms with Gasteiger partial charge in [-0.3, -0.25) is 4.79 Å². The fourth-order valence-electron chi connectivity index (χ4n) is 3.14. The van der Waals surface area contributed by atoms with Crippen molar-refractivity contribution in [3.8, 4) is 5.69 Å². The van der Waals surface area contributed by atoms with Crippen molar-refractivity contribution >= 4 is 29.1 Å². The number of halogens is 2. The van der Waals surface area contributed by atoms with E-state index < -0.39 is 0 Å². The van der Waals surface area contributed by atoms with Crippen LogP contribution >= 0.6 is 23.2 Å². The molecule has 0 fully saturated rings. The van der Waals surface area contributed by atoms with Crippen LogP contribution in [0.15, 0.2) is 42.5 Å². The van der Waals surface area contributed by atoms with Crippen molar-refractivity contribution in [1.29, 1.82) is 0 Å². The molecule has 0 aliphatic carbocycles. The van der Waals surface area contributed by atoms with Gasteiger partial charge in [-0.1, -0.05) is 47.5 Å². The van der Waals surface area contributed by atoms with Crippen LogP contribution in [0.4, 0.5) is 0 Å². The number of aryl methyl sites for hydroxylation is 1. The highest BCUT2D eigenvalue weighted by molar-refractivity contribution is 6.42. The van der Waals surface area contributed by atoms with Crippen molar-refractivity contribution in [3.63, 3.8) is 0 Å². The number of hydrogen-bond acceptors (Lipinski definition) is 3. The third-order valence-corrected chi connectivity index (χ3v) is 5.49. The van der Waals surface area contributed by atoms with E-state index >= 15 is 0 Å². The maximum atomic E-state index is 12.5. The van der Waals surface area contributed by atoms with Crippen LogP contribution < -0.4 is 5.32 Å². The number of carbonyl (C=O) groups excluding carboxylic acids is 1. The number of rotatable bonds is 7. The molecule has 0 bridgehead atoms. The number of hydrogen-bond donors (Lipinski definition) is 1. The Morgan fingerprint density at radius 3 is 2.41 bits per heavy atom. The van der Waals surface area contributed by atoms with E-state index in [4.69, 9.17) is 27.9 Å². The normalized spacial score (nSPS) is 10.9. The summed E-state index contributed by atoms with van der Waals surface area (Å²) in [7, 11) is 1.67. The average Bonchev–Trinajstić information content (AvgIpc) is 2.98. The van der Waals surface area contributed by atoms with Gasteiger partial charge in [0.1, 0.15) is 0 Å². The summed E-state index contributed by atoms with van der Waals surface area (Å²) in [5, 5.41) is 8.50. The summed E-state index contributed by atoms with van der Waals surface area (Å²) in [6.07, 6.45) is 0.265. The molecule has 0 unspecified atom stereocenters. The molecule has 3 rings (SSSR count). The van der Waals surface area contributed by atoms with Crippen molar-refractivity contribution in [1.82, 2.24) is 15.1 Å². The van der Waals surface area contributed by atoms with E-state index in [1.165, 1.54) is 0 Å². The number of benzene rings is 2. The highest BCUT2D eigenvalue weighted by Gasteiger charge is 2.16. The molecule has 1 aromatic heterocycles. The quantitative estimate of drug-likeness (QED) is 0.584. The molecule has 1 amide bonds. The van der Waals surface area contributed by atoms with Gasteiger partial charge in [0.2, 0.25) is 5.91 Å². The predicted octanol–water partition coefficient (Wildman–Crippen LogP) is 4.80. The number of aromatic nitrogens is 2. The topological polar surface area (TPSA) is 56.1 Å². The van der Waals surface area contributed by atoms with Gasteiger partial charge in [0.05, 0.1) is 34.5 Å². The number of ether oxygens (including phenoxy) is 1. The zero-order valence-electron chi connectivity index (χ0n) is 16.6. The summed E-state index contributed by atoms with van der Waals surface area (Å²) in [4.78, 5) is 12.5. The van der Waals surface area contributed by atoms with Crippen LogP contribution in [0.5, 0.6) is 0 Å². The van der Waals surface area contributed by atoms with Crippen LogP contribution in [-0.2, 0) is 29.1 Å². The lowest BCUT2D eigenvalue weighted by Gasteiger charge is -2.08. The standard InChI is InChI=1S/C22H23Cl2N3O2/c1-14-19(15(2)27(26-14)18-8-9-20(23)21(24)10-18)11-22(28)25-12-16-4-6-17(7-5-16)13-29-3/h4-10H,11-13H2,1-3H3,(H,25,28). The molecule has 1 heterocycles. The first-order valence-corrected chi connectivity index (χ1v) is 9.98. The summed E-state index contributed by atoms with van der Waals surface area (Å²) in [5.74, 6) is -0.0501. The van der Waals surface area contributed by atoms with Gasteiger partial charge < -0.3 is 10.1 Å². The van der Waals surface area contributed by atoms with Gasteiger partial charge in [-0.25, -0.2) is 4.68 Å². The maximum Gasteiger partial charge on any atom is 0.224 e. The molecule has 29 heavy (non-hydrogen) atoms. The summed E-state index contributed by atoms with van der Waals surface area (Å²) in [6, 6.07) is 13.3. The molecule has 3 aromatic rings. The van der Waals surface area contributed by atoms with Gasteiger partial charge in [0.15, 0.2) is 0 Å². The Balaban J connectivity index is 1.67. The average molecular weight is 432 g/mol. The van der Waals surface area contributed by atoms with E-state index in [0.717, 1.165) is 33.8 Å². The Kier molecular flexibility index (Phi) is 6.96. The maximum absolute atomic E-state index is 12.5. The third-order valence-electron chi connectivity index (χ3n) is 4.75. The summed E-state index contributed by atoms with van der Waals surface area (Å²) in [6.45, 7) is 4.90. The van der Waals surface area contributed by atoms with Crippen LogP contribution in [-0.4, -0.2) is 22.8 Å². The SMILES string of the molecule is COCc1ccc(CNC(=O)Cc2c(C)nn(-c3ccc(Cl)c(Cl)c3)c2C)cc1. The molecular weight excluding hydrogens is 409 g/mol. The van der Waals surface area contributed by atoms with E-state index in [2.05, 4.69) is 10.4 Å². The Morgan fingerprint density at radius 1 is 1.07 bits per heavy atom. The summed E-state index contributed by atoms with van der Waals surface area (Å²) < 4.78 is 6.90. The molecule has 0 aliphatic heterocycles. The van der Waals surface area contributed by atoms with Gasteiger partial charge in [-0.2, -0.15) is 5.10 Å². The molecule has 1 N–H and O–H groups in total. The van der Waals surface area contributed by atoms with E-state index in [1.807, 2.05) is 44.2 Å². The second-order valence-corrected chi connectivity index (χ2v) is 7.68. The molecule has 2 aromatic carbocycles. The van der Waals surface area contributed by atoms with Crippen molar-refractivity contribution in [2.45, 2.75) is 33.4 Å². The monoisotopic (exact) mass is 431 g/mol. The van der Waals surface area contributed by atoms with E-state index in [9.17, 15) is 4.79 Å². The largest absolute Gasteiger partial charge is 0.380 e. The molecule has 0 saturated heterocycles. The first-order chi connectivity index (χ1) is 13.9. The number of nitrogens with one attached hydrogen (secondary N) is 1. The van der Waals surface area contributed by atoms with Gasteiger partial charge in [-0.05, 0) is 43.2 Å². The molecule has 0 atom stereocenters. The van der Waals surface area contributed by atoms with Crippen LogP contribution in [0, 0.1) is 13.8 Å². The van der Waals surface area contributed by atoms with Gasteiger partial charge >= 0.3 is 0 Å². The Hall–Kier alpha value is -2.34. The Bertz CT molecular complexity index is 1010. The second-order valence-electron chi connectivity index (χ2n) is 6.86. The molecule has 0 radical (unpaired) electrons. The Morgan fingerprint density at radius 2 is 1.76 bits per heavy atom. The van der Waals surface area contributed by atoms with E-state index in [0.29, 0.717) is 23.2 Å². The number of carbonyl (C=O) groups is 1. The lowest BCUT2D eigenvalue weighted by molar-refractivity contribution is -0.120. The zero-order valence-corrected chi connectivity index (χ0v) is 18.1. The fourth-order valence-corrected chi connectivity index (χ4v) is 3.44. The van der Waals surface area contributed by atoms with Crippen molar-refractivity contribution in [2.75, 3.05) is 7.11 Å². The number of amides is 1. The highest BCUT2D eigenvalue weighted by atomic mass is 35.5. The molecule has 7 heteroatoms. The van der Waals surface area contributed by atoms with Crippen LogP contribution in [0.2, 0.25) is 10.0 Å². The van der Waals surface area contributed by atoms with Crippen LogP contribution in [0.1, 0.15) is 28.1 Å². The molecule has 0 spiro atoms. The minimum Gasteiger partial charge on any atom is -0.380 e. The van der Waals surface area contributed by atoms with Crippen LogP contribution in [0.25, 0.3) is 5.69 Å². The molecule has 0 aliphatic rings. The summed E-state index contributed by atoms with van der Waals surface area (Å²) in [5.41, 5.74) is 5.57. The smallest absolute Gasteiger partial charge is 0.224 e. The summed E-state index contributed by atoms with van der Waals surface area (Å²) >= 11 is 12.1.